The van der Waals surface area contributed by atoms with Crippen LogP contribution in [-0.2, 0) is 0 Å². The summed E-state index contributed by atoms with van der Waals surface area (Å²) in [4.78, 5) is 4.16. The summed E-state index contributed by atoms with van der Waals surface area (Å²) in [5.74, 6) is 0.491. The predicted molar refractivity (Wildman–Crippen MR) is 89.1 cm³/mol. The Morgan fingerprint density at radius 2 is 2.05 bits per heavy atom. The molecule has 0 aliphatic carbocycles. The predicted octanol–water partition coefficient (Wildman–Crippen LogP) is 3.63. The molecule has 100 valence electrons. The van der Waals surface area contributed by atoms with E-state index in [2.05, 4.69) is 56.8 Å². The van der Waals surface area contributed by atoms with Crippen molar-refractivity contribution in [1.29, 1.82) is 0 Å². The van der Waals surface area contributed by atoms with Gasteiger partial charge in [-0.2, -0.15) is 5.10 Å². The average Bonchev–Trinajstić information content (AvgIpc) is 2.84. The van der Waals surface area contributed by atoms with Crippen LogP contribution in [0, 0.1) is 10.5 Å². The molecule has 0 radical (unpaired) electrons. The minimum Gasteiger partial charge on any atom is -0.382 e. The highest BCUT2D eigenvalue weighted by Gasteiger charge is 2.17. The molecule has 0 atom stereocenters. The second kappa shape index (κ2) is 5.24. The lowest BCUT2D eigenvalue weighted by Gasteiger charge is -2.08. The van der Waals surface area contributed by atoms with Crippen LogP contribution in [0.4, 0.5) is 5.82 Å². The number of rotatable bonds is 2. The number of H-pyrrole nitrogens is 1. The van der Waals surface area contributed by atoms with Gasteiger partial charge in [0, 0.05) is 27.1 Å². The zero-order valence-corrected chi connectivity index (χ0v) is 13.0. The molecular weight excluding hydrogens is 363 g/mol. The summed E-state index contributed by atoms with van der Waals surface area (Å²) in [6.45, 7) is 2.09. The van der Waals surface area contributed by atoms with Gasteiger partial charge in [0.05, 0.1) is 11.3 Å². The molecule has 20 heavy (non-hydrogen) atoms. The summed E-state index contributed by atoms with van der Waals surface area (Å²) < 4.78 is 1.19. The number of nitrogens with zero attached hydrogens (tertiary/aromatic N) is 2. The van der Waals surface area contributed by atoms with Crippen molar-refractivity contribution in [3.63, 3.8) is 0 Å². The Morgan fingerprint density at radius 1 is 1.20 bits per heavy atom. The molecule has 0 unspecified atom stereocenters. The number of aromatic nitrogens is 3. The first kappa shape index (κ1) is 13.1. The molecule has 2 heterocycles. The molecule has 0 saturated heterocycles. The van der Waals surface area contributed by atoms with E-state index >= 15 is 0 Å². The van der Waals surface area contributed by atoms with Gasteiger partial charge < -0.3 is 5.73 Å². The fourth-order valence-electron chi connectivity index (χ4n) is 2.19. The molecule has 0 aliphatic heterocycles. The van der Waals surface area contributed by atoms with Crippen molar-refractivity contribution in [1.82, 2.24) is 15.2 Å². The van der Waals surface area contributed by atoms with Gasteiger partial charge in [0.2, 0.25) is 0 Å². The van der Waals surface area contributed by atoms with Crippen LogP contribution in [0.5, 0.6) is 0 Å². The van der Waals surface area contributed by atoms with Crippen LogP contribution in [0.2, 0.25) is 0 Å². The molecule has 3 aromatic rings. The minimum absolute atomic E-state index is 0.491. The third-order valence-corrected chi connectivity index (χ3v) is 4.64. The first-order chi connectivity index (χ1) is 9.68. The van der Waals surface area contributed by atoms with Crippen molar-refractivity contribution in [3.05, 3.63) is 51.9 Å². The summed E-state index contributed by atoms with van der Waals surface area (Å²) in [5, 5.41) is 7.21. The Balaban J connectivity index is 2.24. The van der Waals surface area contributed by atoms with E-state index in [-0.39, 0.29) is 0 Å². The van der Waals surface area contributed by atoms with Gasteiger partial charge in [0.15, 0.2) is 5.82 Å². The second-order valence-corrected chi connectivity index (χ2v) is 5.62. The molecule has 2 aromatic heterocycles. The van der Waals surface area contributed by atoms with Gasteiger partial charge in [-0.05, 0) is 41.1 Å². The lowest BCUT2D eigenvalue weighted by atomic mass is 10.0. The molecule has 4 nitrogen and oxygen atoms in total. The van der Waals surface area contributed by atoms with E-state index in [9.17, 15) is 0 Å². The van der Waals surface area contributed by atoms with Gasteiger partial charge in [-0.3, -0.25) is 10.1 Å². The molecule has 5 heteroatoms. The van der Waals surface area contributed by atoms with E-state index in [1.54, 1.807) is 12.4 Å². The lowest BCUT2D eigenvalue weighted by Crippen LogP contribution is -1.91. The van der Waals surface area contributed by atoms with Crippen molar-refractivity contribution in [2.24, 2.45) is 0 Å². The van der Waals surface area contributed by atoms with Crippen LogP contribution in [-0.4, -0.2) is 15.2 Å². The van der Waals surface area contributed by atoms with Gasteiger partial charge in [-0.1, -0.05) is 24.3 Å². The smallest absolute Gasteiger partial charge is 0.153 e. The third kappa shape index (κ3) is 2.18. The first-order valence-electron chi connectivity index (χ1n) is 6.18. The van der Waals surface area contributed by atoms with Crippen LogP contribution in [0.1, 0.15) is 5.56 Å². The summed E-state index contributed by atoms with van der Waals surface area (Å²) >= 11 is 2.35. The maximum atomic E-state index is 6.03. The highest BCUT2D eigenvalue weighted by Crippen LogP contribution is 2.36. The Hall–Kier alpha value is -1.89. The van der Waals surface area contributed by atoms with Crippen LogP contribution < -0.4 is 5.73 Å². The minimum atomic E-state index is 0.491. The van der Waals surface area contributed by atoms with Gasteiger partial charge >= 0.3 is 0 Å². The fraction of sp³-hybridized carbons (Fsp3) is 0.0667. The quantitative estimate of drug-likeness (QED) is 0.672. The number of hydrogen-bond donors (Lipinski definition) is 2. The highest BCUT2D eigenvalue weighted by atomic mass is 127. The van der Waals surface area contributed by atoms with Crippen molar-refractivity contribution in [2.75, 3.05) is 5.73 Å². The zero-order valence-electron chi connectivity index (χ0n) is 10.9. The van der Waals surface area contributed by atoms with E-state index in [0.29, 0.717) is 5.82 Å². The Morgan fingerprint density at radius 3 is 2.80 bits per heavy atom. The van der Waals surface area contributed by atoms with E-state index < -0.39 is 0 Å². The normalized spacial score (nSPS) is 10.7. The number of pyridine rings is 1. The van der Waals surface area contributed by atoms with Crippen molar-refractivity contribution in [2.45, 2.75) is 6.92 Å². The number of anilines is 1. The fourth-order valence-corrected chi connectivity index (χ4v) is 2.82. The molecule has 0 fully saturated rings. The van der Waals surface area contributed by atoms with Crippen LogP contribution >= 0.6 is 22.6 Å². The maximum Gasteiger partial charge on any atom is 0.153 e. The number of aromatic amines is 1. The number of halogens is 1. The molecule has 1 aromatic carbocycles. The van der Waals surface area contributed by atoms with E-state index in [1.165, 1.54) is 9.13 Å². The third-order valence-electron chi connectivity index (χ3n) is 3.21. The van der Waals surface area contributed by atoms with E-state index in [0.717, 1.165) is 22.4 Å². The summed E-state index contributed by atoms with van der Waals surface area (Å²) in [7, 11) is 0. The first-order valence-corrected chi connectivity index (χ1v) is 7.26. The molecule has 3 N–H and O–H groups in total. The Labute approximate surface area is 130 Å². The second-order valence-electron chi connectivity index (χ2n) is 4.54. The van der Waals surface area contributed by atoms with E-state index in [1.807, 2.05) is 18.2 Å². The van der Waals surface area contributed by atoms with E-state index in [4.69, 9.17) is 5.73 Å². The molecule has 0 spiro atoms. The standard InChI is InChI=1S/C15H13IN4/c1-9-4-2-6-11(13(9)16)14-12(15(17)20-19-14)10-5-3-7-18-8-10/h2-8H,1H3,(H3,17,19,20). The Bertz CT molecular complexity index is 750. The summed E-state index contributed by atoms with van der Waals surface area (Å²) in [6, 6.07) is 10.1. The number of nitrogens with one attached hydrogen (secondary N) is 1. The topological polar surface area (TPSA) is 67.6 Å². The average molecular weight is 376 g/mol. The summed E-state index contributed by atoms with van der Waals surface area (Å²) in [6.07, 6.45) is 3.54. The SMILES string of the molecule is Cc1cccc(-c2[nH]nc(N)c2-c2cccnc2)c1I. The zero-order chi connectivity index (χ0) is 14.1. The van der Waals surface area contributed by atoms with Gasteiger partial charge in [0.25, 0.3) is 0 Å². The van der Waals surface area contributed by atoms with Crippen molar-refractivity contribution < 1.29 is 0 Å². The van der Waals surface area contributed by atoms with Gasteiger partial charge in [-0.15, -0.1) is 0 Å². The number of nitrogens with two attached hydrogens (primary N) is 1. The monoisotopic (exact) mass is 376 g/mol. The van der Waals surface area contributed by atoms with Crippen LogP contribution in [0.15, 0.2) is 42.7 Å². The lowest BCUT2D eigenvalue weighted by molar-refractivity contribution is 1.10. The van der Waals surface area contributed by atoms with Crippen LogP contribution in [0.25, 0.3) is 22.4 Å². The molecule has 3 rings (SSSR count). The largest absolute Gasteiger partial charge is 0.382 e. The van der Waals surface area contributed by atoms with Crippen LogP contribution in [0.3, 0.4) is 0 Å². The maximum absolute atomic E-state index is 6.03. The number of hydrogen-bond acceptors (Lipinski definition) is 3. The summed E-state index contributed by atoms with van der Waals surface area (Å²) in [5.41, 5.74) is 11.2. The molecule has 0 aliphatic rings. The molecule has 0 saturated carbocycles. The van der Waals surface area contributed by atoms with Gasteiger partial charge in [0.1, 0.15) is 0 Å². The molecule has 0 bridgehead atoms. The van der Waals surface area contributed by atoms with Crippen molar-refractivity contribution in [3.8, 4) is 22.4 Å². The molecule has 0 amide bonds. The number of aryl methyl sites for hydroxylation is 1. The van der Waals surface area contributed by atoms with Crippen molar-refractivity contribution >= 4 is 28.4 Å². The Kier molecular flexibility index (Phi) is 3.43. The highest BCUT2D eigenvalue weighted by molar-refractivity contribution is 14.1. The van der Waals surface area contributed by atoms with Gasteiger partial charge in [-0.25, -0.2) is 0 Å². The molecular formula is C15H13IN4. The number of nitrogen functional groups attached to an aromatic ring is 1. The number of benzene rings is 1.